The molecule has 1 N–H and O–H groups in total. The standard InChI is InChI=1S/C15H18ClFN4O2/c1-3-21-9-19-20-14(21)6-7-18-15(22)10(2)23-13-5-4-11(17)8-12(13)16/h4-5,8-10H,3,6-7H2,1-2H3,(H,18,22)/t10-/m0/s1. The first-order chi connectivity index (χ1) is 11.0. The number of aryl methyl sites for hydroxylation is 1. The van der Waals surface area contributed by atoms with Gasteiger partial charge in [-0.15, -0.1) is 10.2 Å². The zero-order chi connectivity index (χ0) is 16.8. The maximum atomic E-state index is 13.0. The fraction of sp³-hybridized carbons (Fsp3) is 0.400. The second-order valence-corrected chi connectivity index (χ2v) is 5.32. The number of carbonyl (C=O) groups is 1. The maximum absolute atomic E-state index is 13.0. The van der Waals surface area contributed by atoms with Crippen LogP contribution in [-0.4, -0.2) is 33.3 Å². The Bertz CT molecular complexity index is 677. The average Bonchev–Trinajstić information content (AvgIpc) is 2.97. The van der Waals surface area contributed by atoms with Gasteiger partial charge in [0, 0.05) is 19.5 Å². The Morgan fingerprint density at radius 1 is 1.52 bits per heavy atom. The van der Waals surface area contributed by atoms with Gasteiger partial charge in [0.05, 0.1) is 5.02 Å². The van der Waals surface area contributed by atoms with Gasteiger partial charge in [-0.1, -0.05) is 11.6 Å². The Labute approximate surface area is 138 Å². The fourth-order valence-corrected chi connectivity index (χ4v) is 2.20. The minimum atomic E-state index is -0.748. The van der Waals surface area contributed by atoms with E-state index in [1.165, 1.54) is 12.1 Å². The largest absolute Gasteiger partial charge is 0.479 e. The molecule has 1 heterocycles. The van der Waals surface area contributed by atoms with Gasteiger partial charge in [0.2, 0.25) is 0 Å². The Hall–Kier alpha value is -2.15. The lowest BCUT2D eigenvalue weighted by Crippen LogP contribution is -2.37. The summed E-state index contributed by atoms with van der Waals surface area (Å²) in [6, 6.07) is 3.76. The molecule has 1 aromatic carbocycles. The SMILES string of the molecule is CCn1cnnc1CCNC(=O)[C@H](C)Oc1ccc(F)cc1Cl. The van der Waals surface area contributed by atoms with Crippen molar-refractivity contribution in [1.29, 1.82) is 0 Å². The van der Waals surface area contributed by atoms with Crippen LogP contribution >= 0.6 is 11.6 Å². The highest BCUT2D eigenvalue weighted by Crippen LogP contribution is 2.25. The molecule has 0 radical (unpaired) electrons. The first kappa shape index (κ1) is 17.2. The summed E-state index contributed by atoms with van der Waals surface area (Å²) in [6.07, 6.45) is 1.48. The van der Waals surface area contributed by atoms with Gasteiger partial charge in [0.1, 0.15) is 23.7 Å². The van der Waals surface area contributed by atoms with Crippen molar-refractivity contribution in [3.05, 3.63) is 41.2 Å². The second kappa shape index (κ2) is 7.92. The van der Waals surface area contributed by atoms with Crippen LogP contribution in [0.1, 0.15) is 19.7 Å². The van der Waals surface area contributed by atoms with Crippen LogP contribution in [0, 0.1) is 5.82 Å². The van der Waals surface area contributed by atoms with E-state index in [2.05, 4.69) is 15.5 Å². The first-order valence-corrected chi connectivity index (χ1v) is 7.65. The molecule has 2 aromatic rings. The molecule has 0 aliphatic carbocycles. The van der Waals surface area contributed by atoms with Crippen LogP contribution in [0.25, 0.3) is 0 Å². The summed E-state index contributed by atoms with van der Waals surface area (Å²) >= 11 is 5.87. The minimum absolute atomic E-state index is 0.126. The molecule has 0 bridgehead atoms. The fourth-order valence-electron chi connectivity index (χ4n) is 1.99. The third-order valence-electron chi connectivity index (χ3n) is 3.25. The Morgan fingerprint density at radius 3 is 3.00 bits per heavy atom. The molecule has 1 amide bonds. The monoisotopic (exact) mass is 340 g/mol. The van der Waals surface area contributed by atoms with Crippen LogP contribution in [0.3, 0.4) is 0 Å². The van der Waals surface area contributed by atoms with Crippen molar-refractivity contribution < 1.29 is 13.9 Å². The molecule has 0 unspecified atom stereocenters. The Balaban J connectivity index is 1.83. The van der Waals surface area contributed by atoms with Crippen LogP contribution in [0.4, 0.5) is 4.39 Å². The Kier molecular flexibility index (Phi) is 5.92. The molecule has 0 spiro atoms. The number of hydrogen-bond donors (Lipinski definition) is 1. The number of nitrogens with one attached hydrogen (secondary N) is 1. The first-order valence-electron chi connectivity index (χ1n) is 7.27. The summed E-state index contributed by atoms with van der Waals surface area (Å²) in [5.74, 6) is 0.330. The van der Waals surface area contributed by atoms with E-state index >= 15 is 0 Å². The van der Waals surface area contributed by atoms with Crippen molar-refractivity contribution >= 4 is 17.5 Å². The molecule has 8 heteroatoms. The average molecular weight is 341 g/mol. The molecule has 0 saturated heterocycles. The Morgan fingerprint density at radius 2 is 2.30 bits per heavy atom. The number of nitrogens with zero attached hydrogens (tertiary/aromatic N) is 3. The zero-order valence-electron chi connectivity index (χ0n) is 12.9. The maximum Gasteiger partial charge on any atom is 0.260 e. The highest BCUT2D eigenvalue weighted by Gasteiger charge is 2.16. The van der Waals surface area contributed by atoms with E-state index in [0.717, 1.165) is 18.4 Å². The topological polar surface area (TPSA) is 69.0 Å². The molecule has 6 nitrogen and oxygen atoms in total. The van der Waals surface area contributed by atoms with Crippen LogP contribution < -0.4 is 10.1 Å². The molecule has 0 aliphatic rings. The molecule has 124 valence electrons. The van der Waals surface area contributed by atoms with Crippen LogP contribution in [0.5, 0.6) is 5.75 Å². The van der Waals surface area contributed by atoms with Crippen molar-refractivity contribution in [2.24, 2.45) is 0 Å². The van der Waals surface area contributed by atoms with Gasteiger partial charge >= 0.3 is 0 Å². The summed E-state index contributed by atoms with van der Waals surface area (Å²) in [5, 5.41) is 10.7. The lowest BCUT2D eigenvalue weighted by Gasteiger charge is -2.15. The number of benzene rings is 1. The van der Waals surface area contributed by atoms with Gasteiger partial charge in [-0.05, 0) is 32.0 Å². The predicted molar refractivity (Wildman–Crippen MR) is 83.9 cm³/mol. The van der Waals surface area contributed by atoms with Crippen molar-refractivity contribution in [3.8, 4) is 5.75 Å². The highest BCUT2D eigenvalue weighted by molar-refractivity contribution is 6.32. The van der Waals surface area contributed by atoms with E-state index < -0.39 is 11.9 Å². The molecule has 1 atom stereocenters. The number of carbonyl (C=O) groups excluding carboxylic acids is 1. The lowest BCUT2D eigenvalue weighted by molar-refractivity contribution is -0.127. The number of aromatic nitrogens is 3. The second-order valence-electron chi connectivity index (χ2n) is 4.91. The quantitative estimate of drug-likeness (QED) is 0.839. The summed E-state index contributed by atoms with van der Waals surface area (Å²) < 4.78 is 20.3. The molecule has 0 fully saturated rings. The van der Waals surface area contributed by atoms with Crippen LogP contribution in [0.15, 0.2) is 24.5 Å². The van der Waals surface area contributed by atoms with E-state index in [0.29, 0.717) is 13.0 Å². The van der Waals surface area contributed by atoms with Gasteiger partial charge in [-0.3, -0.25) is 4.79 Å². The summed E-state index contributed by atoms with van der Waals surface area (Å²) in [5.41, 5.74) is 0. The molecule has 2 rings (SSSR count). The van der Waals surface area contributed by atoms with E-state index in [1.54, 1.807) is 13.3 Å². The van der Waals surface area contributed by atoms with Crippen molar-refractivity contribution in [1.82, 2.24) is 20.1 Å². The van der Waals surface area contributed by atoms with E-state index in [1.807, 2.05) is 11.5 Å². The smallest absolute Gasteiger partial charge is 0.260 e. The molecule has 23 heavy (non-hydrogen) atoms. The molecular weight excluding hydrogens is 323 g/mol. The van der Waals surface area contributed by atoms with E-state index in [4.69, 9.17) is 16.3 Å². The minimum Gasteiger partial charge on any atom is -0.479 e. The van der Waals surface area contributed by atoms with Gasteiger partial charge in [-0.25, -0.2) is 4.39 Å². The van der Waals surface area contributed by atoms with Crippen LogP contribution in [-0.2, 0) is 17.8 Å². The van der Waals surface area contributed by atoms with Crippen molar-refractivity contribution in [3.63, 3.8) is 0 Å². The van der Waals surface area contributed by atoms with Crippen molar-refractivity contribution in [2.45, 2.75) is 32.9 Å². The number of hydrogen-bond acceptors (Lipinski definition) is 4. The third kappa shape index (κ3) is 4.66. The van der Waals surface area contributed by atoms with Gasteiger partial charge in [-0.2, -0.15) is 0 Å². The van der Waals surface area contributed by atoms with Crippen molar-refractivity contribution in [2.75, 3.05) is 6.54 Å². The number of amides is 1. The molecule has 1 aromatic heterocycles. The van der Waals surface area contributed by atoms with E-state index in [9.17, 15) is 9.18 Å². The summed E-state index contributed by atoms with van der Waals surface area (Å²) in [6.45, 7) is 4.79. The number of rotatable bonds is 7. The predicted octanol–water partition coefficient (Wildman–Crippen LogP) is 2.22. The van der Waals surface area contributed by atoms with Gasteiger partial charge in [0.25, 0.3) is 5.91 Å². The summed E-state index contributed by atoms with van der Waals surface area (Å²) in [4.78, 5) is 12.0. The van der Waals surface area contributed by atoms with Gasteiger partial charge in [0.15, 0.2) is 6.10 Å². The number of ether oxygens (including phenoxy) is 1. The van der Waals surface area contributed by atoms with Gasteiger partial charge < -0.3 is 14.6 Å². The summed E-state index contributed by atoms with van der Waals surface area (Å²) in [7, 11) is 0. The highest BCUT2D eigenvalue weighted by atomic mass is 35.5. The molecular formula is C15H18ClFN4O2. The number of halogens is 2. The molecule has 0 aliphatic heterocycles. The van der Waals surface area contributed by atoms with Crippen LogP contribution in [0.2, 0.25) is 5.02 Å². The van der Waals surface area contributed by atoms with E-state index in [-0.39, 0.29) is 16.7 Å². The molecule has 0 saturated carbocycles. The normalized spacial score (nSPS) is 12.0. The zero-order valence-corrected chi connectivity index (χ0v) is 13.7. The third-order valence-corrected chi connectivity index (χ3v) is 3.55. The lowest BCUT2D eigenvalue weighted by atomic mass is 10.3.